The van der Waals surface area contributed by atoms with Gasteiger partial charge in [0.2, 0.25) is 0 Å². The van der Waals surface area contributed by atoms with Crippen molar-refractivity contribution in [2.75, 3.05) is 13.1 Å². The third kappa shape index (κ3) is 2.73. The van der Waals surface area contributed by atoms with Crippen molar-refractivity contribution in [2.24, 2.45) is 0 Å². The first kappa shape index (κ1) is 13.3. The molecule has 0 bridgehead atoms. The van der Waals surface area contributed by atoms with E-state index in [1.54, 1.807) is 10.9 Å². The molecular formula is C13H14BrN5O. The van der Waals surface area contributed by atoms with E-state index in [-0.39, 0.29) is 5.91 Å². The highest BCUT2D eigenvalue weighted by Gasteiger charge is 2.21. The van der Waals surface area contributed by atoms with E-state index in [0.29, 0.717) is 18.3 Å². The summed E-state index contributed by atoms with van der Waals surface area (Å²) in [5, 5.41) is 13.9. The molecule has 1 fully saturated rings. The maximum absolute atomic E-state index is 12.0. The van der Waals surface area contributed by atoms with Gasteiger partial charge in [-0.25, -0.2) is 4.68 Å². The average molecular weight is 336 g/mol. The Kier molecular flexibility index (Phi) is 3.79. The Balaban J connectivity index is 1.61. The summed E-state index contributed by atoms with van der Waals surface area (Å²) < 4.78 is 2.72. The molecule has 1 saturated heterocycles. The molecule has 20 heavy (non-hydrogen) atoms. The number of carbonyl (C=O) groups excluding carboxylic acids is 1. The van der Waals surface area contributed by atoms with E-state index >= 15 is 0 Å². The van der Waals surface area contributed by atoms with E-state index < -0.39 is 0 Å². The van der Waals surface area contributed by atoms with Gasteiger partial charge in [0.15, 0.2) is 5.69 Å². The van der Waals surface area contributed by atoms with Crippen molar-refractivity contribution in [3.63, 3.8) is 0 Å². The molecule has 104 valence electrons. The fraction of sp³-hybridized carbons (Fsp3) is 0.308. The summed E-state index contributed by atoms with van der Waals surface area (Å²) in [4.78, 5) is 12.0. The molecule has 1 aromatic carbocycles. The molecule has 1 aliphatic heterocycles. The highest BCUT2D eigenvalue weighted by Crippen LogP contribution is 2.15. The quantitative estimate of drug-likeness (QED) is 0.878. The van der Waals surface area contributed by atoms with Crippen molar-refractivity contribution in [3.05, 3.63) is 46.2 Å². The number of halogens is 1. The lowest BCUT2D eigenvalue weighted by molar-refractivity contribution is 0.0945. The minimum absolute atomic E-state index is 0.209. The second-order valence-corrected chi connectivity index (χ2v) is 5.52. The number of rotatable bonds is 4. The molecular weight excluding hydrogens is 322 g/mol. The molecule has 1 aliphatic rings. The predicted octanol–water partition coefficient (Wildman–Crippen LogP) is 1.11. The summed E-state index contributed by atoms with van der Waals surface area (Å²) in [5.41, 5.74) is 1.38. The minimum Gasteiger partial charge on any atom is -0.346 e. The van der Waals surface area contributed by atoms with Crippen molar-refractivity contribution < 1.29 is 4.79 Å². The predicted molar refractivity (Wildman–Crippen MR) is 77.2 cm³/mol. The first-order valence-corrected chi connectivity index (χ1v) is 7.17. The number of hydrogen-bond acceptors (Lipinski definition) is 4. The largest absolute Gasteiger partial charge is 0.346 e. The van der Waals surface area contributed by atoms with Crippen LogP contribution in [0, 0.1) is 0 Å². The van der Waals surface area contributed by atoms with Gasteiger partial charge in [-0.15, -0.1) is 5.10 Å². The SMILES string of the molecule is O=C(NCc1ccccc1Br)c1cn(C2CNC2)nn1. The fourth-order valence-electron chi connectivity index (χ4n) is 1.93. The van der Waals surface area contributed by atoms with Crippen LogP contribution < -0.4 is 10.6 Å². The number of aromatic nitrogens is 3. The first-order chi connectivity index (χ1) is 9.74. The Hall–Kier alpha value is -1.73. The van der Waals surface area contributed by atoms with Crippen molar-refractivity contribution >= 4 is 21.8 Å². The maximum Gasteiger partial charge on any atom is 0.273 e. The lowest BCUT2D eigenvalue weighted by Gasteiger charge is -2.26. The van der Waals surface area contributed by atoms with E-state index in [1.807, 2.05) is 24.3 Å². The summed E-state index contributed by atoms with van der Waals surface area (Å²) in [7, 11) is 0. The monoisotopic (exact) mass is 335 g/mol. The van der Waals surface area contributed by atoms with Crippen LogP contribution in [0.15, 0.2) is 34.9 Å². The summed E-state index contributed by atoms with van der Waals surface area (Å²) in [6.45, 7) is 2.21. The van der Waals surface area contributed by atoms with Crippen LogP contribution in [0.25, 0.3) is 0 Å². The highest BCUT2D eigenvalue weighted by atomic mass is 79.9. The van der Waals surface area contributed by atoms with Crippen LogP contribution in [-0.2, 0) is 6.54 Å². The summed E-state index contributed by atoms with van der Waals surface area (Å²) >= 11 is 3.45. The molecule has 6 nitrogen and oxygen atoms in total. The van der Waals surface area contributed by atoms with Crippen molar-refractivity contribution in [2.45, 2.75) is 12.6 Å². The number of benzene rings is 1. The molecule has 0 atom stereocenters. The van der Waals surface area contributed by atoms with E-state index in [1.165, 1.54) is 0 Å². The van der Waals surface area contributed by atoms with Gasteiger partial charge in [0, 0.05) is 24.1 Å². The fourth-order valence-corrected chi connectivity index (χ4v) is 2.35. The molecule has 2 N–H and O–H groups in total. The lowest BCUT2D eigenvalue weighted by Crippen LogP contribution is -2.43. The normalized spacial score (nSPS) is 14.8. The van der Waals surface area contributed by atoms with Gasteiger partial charge in [-0.05, 0) is 11.6 Å². The van der Waals surface area contributed by atoms with Gasteiger partial charge >= 0.3 is 0 Å². The Labute approximate surface area is 124 Å². The van der Waals surface area contributed by atoms with Crippen LogP contribution >= 0.6 is 15.9 Å². The standard InChI is InChI=1S/C13H14BrN5O/c14-11-4-2-1-3-9(11)5-16-13(20)12-8-19(18-17-12)10-6-15-7-10/h1-4,8,10,15H,5-7H2,(H,16,20). The van der Waals surface area contributed by atoms with E-state index in [9.17, 15) is 4.79 Å². The second-order valence-electron chi connectivity index (χ2n) is 4.67. The molecule has 1 amide bonds. The van der Waals surface area contributed by atoms with Crippen LogP contribution in [0.3, 0.4) is 0 Å². The zero-order valence-electron chi connectivity index (χ0n) is 10.7. The van der Waals surface area contributed by atoms with Crippen molar-refractivity contribution in [1.29, 1.82) is 0 Å². The molecule has 0 unspecified atom stereocenters. The average Bonchev–Trinajstić information content (AvgIpc) is 2.85. The molecule has 7 heteroatoms. The second kappa shape index (κ2) is 5.72. The Bertz CT molecular complexity index is 623. The van der Waals surface area contributed by atoms with Gasteiger partial charge in [-0.2, -0.15) is 0 Å². The number of amides is 1. The zero-order chi connectivity index (χ0) is 13.9. The van der Waals surface area contributed by atoms with Crippen LogP contribution in [-0.4, -0.2) is 34.0 Å². The van der Waals surface area contributed by atoms with Crippen LogP contribution in [0.4, 0.5) is 0 Å². The highest BCUT2D eigenvalue weighted by molar-refractivity contribution is 9.10. The smallest absolute Gasteiger partial charge is 0.273 e. The first-order valence-electron chi connectivity index (χ1n) is 6.38. The summed E-state index contributed by atoms with van der Waals surface area (Å²) in [5.74, 6) is -0.209. The van der Waals surface area contributed by atoms with Gasteiger partial charge < -0.3 is 10.6 Å². The molecule has 2 aromatic rings. The zero-order valence-corrected chi connectivity index (χ0v) is 12.3. The van der Waals surface area contributed by atoms with E-state index in [2.05, 4.69) is 36.9 Å². The van der Waals surface area contributed by atoms with Gasteiger partial charge in [-0.3, -0.25) is 4.79 Å². The van der Waals surface area contributed by atoms with Crippen LogP contribution in [0.2, 0.25) is 0 Å². The van der Waals surface area contributed by atoms with Crippen molar-refractivity contribution in [3.8, 4) is 0 Å². The molecule has 0 radical (unpaired) electrons. The van der Waals surface area contributed by atoms with Gasteiger partial charge in [0.25, 0.3) is 5.91 Å². The molecule has 2 heterocycles. The third-order valence-corrected chi connectivity index (χ3v) is 4.05. The van der Waals surface area contributed by atoms with Gasteiger partial charge in [-0.1, -0.05) is 39.3 Å². The summed E-state index contributed by atoms with van der Waals surface area (Å²) in [6, 6.07) is 8.09. The minimum atomic E-state index is -0.209. The molecule has 3 rings (SSSR count). The number of nitrogens with zero attached hydrogens (tertiary/aromatic N) is 3. The Morgan fingerprint density at radius 3 is 2.95 bits per heavy atom. The molecule has 0 saturated carbocycles. The lowest BCUT2D eigenvalue weighted by atomic mass is 10.2. The number of hydrogen-bond donors (Lipinski definition) is 2. The molecule has 1 aromatic heterocycles. The van der Waals surface area contributed by atoms with Crippen molar-refractivity contribution in [1.82, 2.24) is 25.6 Å². The maximum atomic E-state index is 12.0. The molecule has 0 aliphatic carbocycles. The van der Waals surface area contributed by atoms with E-state index in [4.69, 9.17) is 0 Å². The summed E-state index contributed by atoms with van der Waals surface area (Å²) in [6.07, 6.45) is 1.70. The number of carbonyl (C=O) groups is 1. The van der Waals surface area contributed by atoms with Crippen LogP contribution in [0.5, 0.6) is 0 Å². The Morgan fingerprint density at radius 2 is 2.25 bits per heavy atom. The van der Waals surface area contributed by atoms with Gasteiger partial charge in [0.1, 0.15) is 0 Å². The van der Waals surface area contributed by atoms with E-state index in [0.717, 1.165) is 23.1 Å². The van der Waals surface area contributed by atoms with Gasteiger partial charge in [0.05, 0.1) is 12.2 Å². The topological polar surface area (TPSA) is 71.8 Å². The molecule has 0 spiro atoms. The van der Waals surface area contributed by atoms with Crippen LogP contribution in [0.1, 0.15) is 22.1 Å². The number of nitrogens with one attached hydrogen (secondary N) is 2. The Morgan fingerprint density at radius 1 is 1.45 bits per heavy atom. The third-order valence-electron chi connectivity index (χ3n) is 3.27.